The Morgan fingerprint density at radius 1 is 0.979 bits per heavy atom. The van der Waals surface area contributed by atoms with Crippen LogP contribution in [0.25, 0.3) is 17.0 Å². The number of methoxy groups -OCH3 is 2. The van der Waals surface area contributed by atoms with Crippen LogP contribution < -0.4 is 19.8 Å². The predicted molar refractivity (Wildman–Crippen MR) is 158 cm³/mol. The summed E-state index contributed by atoms with van der Waals surface area (Å²) < 4.78 is 42.4. The highest BCUT2D eigenvalue weighted by Gasteiger charge is 2.51. The van der Waals surface area contributed by atoms with E-state index in [1.165, 1.54) is 38.5 Å². The van der Waals surface area contributed by atoms with Crippen molar-refractivity contribution in [1.82, 2.24) is 0 Å². The van der Waals surface area contributed by atoms with E-state index in [4.69, 9.17) is 37.6 Å². The van der Waals surface area contributed by atoms with Gasteiger partial charge >= 0.3 is 11.6 Å². The number of phenols is 1. The van der Waals surface area contributed by atoms with E-state index in [1.807, 2.05) is 0 Å². The fourth-order valence-electron chi connectivity index (χ4n) is 4.93. The van der Waals surface area contributed by atoms with Crippen LogP contribution in [0.2, 0.25) is 0 Å². The zero-order valence-corrected chi connectivity index (χ0v) is 25.1. The average molecular weight is 663 g/mol. The van der Waals surface area contributed by atoms with Gasteiger partial charge in [0.1, 0.15) is 42.7 Å². The lowest BCUT2D eigenvalue weighted by Crippen LogP contribution is -2.60. The molecule has 2 aliphatic heterocycles. The van der Waals surface area contributed by atoms with E-state index in [1.54, 1.807) is 24.3 Å². The predicted octanol–water partition coefficient (Wildman–Crippen LogP) is -0.576. The largest absolute Gasteiger partial charge is 0.502 e. The monoisotopic (exact) mass is 662 g/mol. The summed E-state index contributed by atoms with van der Waals surface area (Å²) in [6, 6.07) is 10.9. The second-order valence-corrected chi connectivity index (χ2v) is 10.8. The van der Waals surface area contributed by atoms with Crippen molar-refractivity contribution in [2.45, 2.75) is 48.7 Å². The number of fused-ring (bicyclic) bond motifs is 1. The van der Waals surface area contributed by atoms with E-state index in [-0.39, 0.29) is 23.0 Å². The summed E-state index contributed by atoms with van der Waals surface area (Å²) in [6.07, 6.45) is -9.01. The molecule has 2 fully saturated rings. The van der Waals surface area contributed by atoms with Crippen LogP contribution in [-0.2, 0) is 23.7 Å². The molecule has 3 aromatic rings. The number of benzene rings is 2. The molecule has 0 saturated carbocycles. The molecule has 5 rings (SSSR count). The van der Waals surface area contributed by atoms with E-state index < -0.39 is 80.1 Å². The number of aromatic hydroxyl groups is 1. The number of para-hydroxylation sites is 1. The number of ether oxygens (including phenoxy) is 7. The van der Waals surface area contributed by atoms with E-state index in [9.17, 15) is 40.2 Å². The van der Waals surface area contributed by atoms with Gasteiger partial charge in [0, 0.05) is 11.5 Å². The fraction of sp³-hybridized carbons (Fsp3) is 0.419. The molecule has 1 aromatic heterocycles. The van der Waals surface area contributed by atoms with Crippen molar-refractivity contribution < 1.29 is 73.0 Å². The van der Waals surface area contributed by atoms with E-state index >= 15 is 0 Å². The van der Waals surface area contributed by atoms with Crippen molar-refractivity contribution in [3.63, 3.8) is 0 Å². The Morgan fingerprint density at radius 3 is 2.38 bits per heavy atom. The summed E-state index contributed by atoms with van der Waals surface area (Å²) in [5.74, 6) is -1.19. The molecular weight excluding hydrogens is 628 g/mol. The minimum absolute atomic E-state index is 0.112. The maximum absolute atomic E-state index is 12.4. The van der Waals surface area contributed by atoms with Crippen molar-refractivity contribution in [1.29, 1.82) is 0 Å². The average Bonchev–Trinajstić information content (AvgIpc) is 3.35. The molecule has 2 aromatic carbocycles. The Morgan fingerprint density at radius 2 is 1.68 bits per heavy atom. The minimum atomic E-state index is -2.07. The zero-order chi connectivity index (χ0) is 33.9. The van der Waals surface area contributed by atoms with Gasteiger partial charge in [0.05, 0.1) is 27.4 Å². The third-order valence-corrected chi connectivity index (χ3v) is 7.63. The van der Waals surface area contributed by atoms with Crippen LogP contribution in [0, 0.1) is 0 Å². The van der Waals surface area contributed by atoms with Gasteiger partial charge in [0.2, 0.25) is 17.8 Å². The molecule has 16 nitrogen and oxygen atoms in total. The van der Waals surface area contributed by atoms with Crippen LogP contribution in [0.15, 0.2) is 57.8 Å². The van der Waals surface area contributed by atoms with Crippen LogP contribution in [0.3, 0.4) is 0 Å². The van der Waals surface area contributed by atoms with Gasteiger partial charge < -0.3 is 68.2 Å². The highest BCUT2D eigenvalue weighted by molar-refractivity contribution is 5.87. The van der Waals surface area contributed by atoms with Crippen molar-refractivity contribution in [2.75, 3.05) is 34.0 Å². The van der Waals surface area contributed by atoms with E-state index in [2.05, 4.69) is 0 Å². The molecule has 16 heteroatoms. The SMILES string of the molecule is COc1cc(C=CC(=O)OCC2(O)COC(OCC3OC(Oc4cc5ccccc5oc4=O)C(O)C(O)C3O)C2O)cc(OC)c1O. The van der Waals surface area contributed by atoms with Gasteiger partial charge in [-0.2, -0.15) is 0 Å². The van der Waals surface area contributed by atoms with Crippen LogP contribution in [0.4, 0.5) is 0 Å². The van der Waals surface area contributed by atoms with Crippen LogP contribution >= 0.6 is 0 Å². The number of hydrogen-bond acceptors (Lipinski definition) is 16. The molecule has 0 aliphatic carbocycles. The van der Waals surface area contributed by atoms with Crippen molar-refractivity contribution in [2.24, 2.45) is 0 Å². The lowest BCUT2D eigenvalue weighted by Gasteiger charge is -2.40. The highest BCUT2D eigenvalue weighted by atomic mass is 16.7. The number of hydrogen-bond donors (Lipinski definition) is 6. The first-order chi connectivity index (χ1) is 22.4. The lowest BCUT2D eigenvalue weighted by molar-refractivity contribution is -0.289. The van der Waals surface area contributed by atoms with Gasteiger partial charge in [0.25, 0.3) is 0 Å². The summed E-state index contributed by atoms with van der Waals surface area (Å²) in [5.41, 5.74) is -2.21. The summed E-state index contributed by atoms with van der Waals surface area (Å²) in [5, 5.41) is 63.5. The number of aliphatic hydroxyl groups is 5. The molecule has 254 valence electrons. The van der Waals surface area contributed by atoms with Gasteiger partial charge in [-0.05, 0) is 35.9 Å². The summed E-state index contributed by atoms with van der Waals surface area (Å²) >= 11 is 0. The lowest BCUT2D eigenvalue weighted by atomic mass is 9.99. The molecule has 8 unspecified atom stereocenters. The van der Waals surface area contributed by atoms with Gasteiger partial charge in [-0.1, -0.05) is 18.2 Å². The molecule has 3 heterocycles. The summed E-state index contributed by atoms with van der Waals surface area (Å²) in [6.45, 7) is -1.71. The normalized spacial score (nSPS) is 29.2. The van der Waals surface area contributed by atoms with Gasteiger partial charge in [-0.25, -0.2) is 9.59 Å². The first-order valence-electron chi connectivity index (χ1n) is 14.3. The van der Waals surface area contributed by atoms with Gasteiger partial charge in [-0.3, -0.25) is 0 Å². The number of carbonyl (C=O) groups is 1. The van der Waals surface area contributed by atoms with Crippen LogP contribution in [0.5, 0.6) is 23.0 Å². The Kier molecular flexibility index (Phi) is 10.3. The van der Waals surface area contributed by atoms with Crippen molar-refractivity contribution in [3.05, 3.63) is 64.5 Å². The number of carbonyl (C=O) groups excluding carboxylic acids is 1. The Hall–Kier alpha value is -4.26. The molecule has 0 spiro atoms. The first kappa shape index (κ1) is 34.1. The molecule has 8 atom stereocenters. The topological polar surface area (TPSA) is 233 Å². The van der Waals surface area contributed by atoms with Crippen LogP contribution in [-0.4, -0.2) is 119 Å². The second kappa shape index (κ2) is 14.2. The molecule has 47 heavy (non-hydrogen) atoms. The summed E-state index contributed by atoms with van der Waals surface area (Å²) in [7, 11) is 2.70. The fourth-order valence-corrected chi connectivity index (χ4v) is 4.93. The van der Waals surface area contributed by atoms with Crippen molar-refractivity contribution in [3.8, 4) is 23.0 Å². The number of phenolic OH excluding ortho intramolecular Hbond substituents is 1. The number of rotatable bonds is 11. The quantitative estimate of drug-likeness (QED) is 0.0857. The Balaban J connectivity index is 1.16. The standard InChI is InChI=1S/C31H34O16/c1-40-18-9-15(10-19(41-2)23(18)33)7-8-22(32)43-13-31(39)14-44-30(27(31)37)42-12-21-24(34)25(35)26(36)29(47-21)46-20-11-16-5-3-4-6-17(16)45-28(20)38/h3-11,21,24-27,29-30,33-37,39H,12-14H2,1-2H3. The maximum Gasteiger partial charge on any atom is 0.379 e. The third kappa shape index (κ3) is 7.34. The highest BCUT2D eigenvalue weighted by Crippen LogP contribution is 2.37. The molecule has 0 bridgehead atoms. The molecular formula is C31H34O16. The number of esters is 1. The summed E-state index contributed by atoms with van der Waals surface area (Å²) in [4.78, 5) is 24.7. The Labute approximate surface area is 266 Å². The molecule has 2 saturated heterocycles. The van der Waals surface area contributed by atoms with Crippen LogP contribution in [0.1, 0.15) is 5.56 Å². The first-order valence-corrected chi connectivity index (χ1v) is 14.3. The third-order valence-electron chi connectivity index (χ3n) is 7.63. The van der Waals surface area contributed by atoms with Gasteiger partial charge in [0.15, 0.2) is 23.4 Å². The van der Waals surface area contributed by atoms with Gasteiger partial charge in [-0.15, -0.1) is 0 Å². The molecule has 2 aliphatic rings. The molecule has 0 amide bonds. The smallest absolute Gasteiger partial charge is 0.379 e. The van der Waals surface area contributed by atoms with E-state index in [0.717, 1.165) is 6.08 Å². The molecule has 6 N–H and O–H groups in total. The van der Waals surface area contributed by atoms with E-state index in [0.29, 0.717) is 16.5 Å². The Bertz CT molecular complexity index is 1630. The van der Waals surface area contributed by atoms with Crippen molar-refractivity contribution >= 4 is 23.0 Å². The molecule has 0 radical (unpaired) electrons. The minimum Gasteiger partial charge on any atom is -0.502 e. The zero-order valence-electron chi connectivity index (χ0n) is 25.1. The maximum atomic E-state index is 12.4. The second-order valence-electron chi connectivity index (χ2n) is 10.8. The number of aliphatic hydroxyl groups excluding tert-OH is 4.